The first-order valence-corrected chi connectivity index (χ1v) is 8.49. The van der Waals surface area contributed by atoms with Crippen molar-refractivity contribution in [3.63, 3.8) is 0 Å². The maximum absolute atomic E-state index is 4.38. The molecule has 124 valence electrons. The Morgan fingerprint density at radius 2 is 1.74 bits per heavy atom. The Morgan fingerprint density at radius 3 is 2.35 bits per heavy atom. The number of benzene rings is 1. The molecule has 1 aromatic heterocycles. The van der Waals surface area contributed by atoms with Crippen LogP contribution in [0.4, 0.5) is 0 Å². The lowest BCUT2D eigenvalue weighted by molar-refractivity contribution is 0.108. The molecule has 0 saturated carbocycles. The largest absolute Gasteiger partial charge is 0.301 e. The second-order valence-corrected chi connectivity index (χ2v) is 6.36. The minimum atomic E-state index is 0.118. The minimum Gasteiger partial charge on any atom is -0.301 e. The highest BCUT2D eigenvalue weighted by molar-refractivity contribution is 5.25. The van der Waals surface area contributed by atoms with Gasteiger partial charge in [-0.05, 0) is 36.4 Å². The molecule has 0 bridgehead atoms. The molecule has 1 aliphatic heterocycles. The molecule has 0 spiro atoms. The normalized spacial score (nSPS) is 18.4. The molecule has 0 radical (unpaired) electrons. The predicted octanol–water partition coefficient (Wildman–Crippen LogP) is 1.98. The molecule has 1 saturated heterocycles. The zero-order valence-corrected chi connectivity index (χ0v) is 14.3. The highest BCUT2D eigenvalue weighted by Crippen LogP contribution is 2.28. The summed E-state index contributed by atoms with van der Waals surface area (Å²) in [5, 5.41) is 12.5. The van der Waals surface area contributed by atoms with Gasteiger partial charge in [0.15, 0.2) is 5.82 Å². The highest BCUT2D eigenvalue weighted by atomic mass is 15.6. The average molecular weight is 314 g/mol. The maximum atomic E-state index is 4.38. The first-order chi connectivity index (χ1) is 11.2. The van der Waals surface area contributed by atoms with Gasteiger partial charge in [-0.1, -0.05) is 37.3 Å². The Bertz CT molecular complexity index is 601. The molecule has 1 atom stereocenters. The van der Waals surface area contributed by atoms with Crippen LogP contribution in [0.25, 0.3) is 0 Å². The summed E-state index contributed by atoms with van der Waals surface area (Å²) in [6.45, 7) is 11.9. The molecule has 6 heteroatoms. The topological polar surface area (TPSA) is 50.1 Å². The van der Waals surface area contributed by atoms with E-state index in [1.165, 1.54) is 5.56 Å². The van der Waals surface area contributed by atoms with E-state index in [4.69, 9.17) is 0 Å². The van der Waals surface area contributed by atoms with Crippen LogP contribution in [-0.2, 0) is 0 Å². The first-order valence-electron chi connectivity index (χ1n) is 8.49. The molecular formula is C17H26N6. The Balaban J connectivity index is 1.93. The molecule has 23 heavy (non-hydrogen) atoms. The first kappa shape index (κ1) is 16.1. The van der Waals surface area contributed by atoms with Crippen LogP contribution in [0, 0.1) is 0 Å². The van der Waals surface area contributed by atoms with Crippen molar-refractivity contribution < 1.29 is 0 Å². The predicted molar refractivity (Wildman–Crippen MR) is 90.2 cm³/mol. The number of tetrazole rings is 1. The number of likely N-dealkylation sites (N-methyl/N-ethyl adjacent to an activating group) is 1. The van der Waals surface area contributed by atoms with E-state index in [0.29, 0.717) is 0 Å². The van der Waals surface area contributed by atoms with E-state index in [9.17, 15) is 0 Å². The van der Waals surface area contributed by atoms with E-state index in [1.807, 2.05) is 4.68 Å². The van der Waals surface area contributed by atoms with Crippen LogP contribution in [0.5, 0.6) is 0 Å². The average Bonchev–Trinajstić information content (AvgIpc) is 3.06. The molecular weight excluding hydrogens is 288 g/mol. The fourth-order valence-corrected chi connectivity index (χ4v) is 3.24. The molecule has 2 aromatic rings. The number of aromatic nitrogens is 4. The highest BCUT2D eigenvalue weighted by Gasteiger charge is 2.30. The second kappa shape index (κ2) is 7.19. The third kappa shape index (κ3) is 3.43. The van der Waals surface area contributed by atoms with Gasteiger partial charge in [0.05, 0.1) is 12.1 Å². The molecule has 6 nitrogen and oxygen atoms in total. The lowest BCUT2D eigenvalue weighted by Gasteiger charge is -2.38. The van der Waals surface area contributed by atoms with Crippen molar-refractivity contribution in [1.29, 1.82) is 0 Å². The van der Waals surface area contributed by atoms with E-state index < -0.39 is 0 Å². The van der Waals surface area contributed by atoms with E-state index in [-0.39, 0.29) is 12.1 Å². The van der Waals surface area contributed by atoms with Gasteiger partial charge < -0.3 is 4.90 Å². The molecule has 3 rings (SSSR count). The SMILES string of the molecule is CCN1CCN(C(c2ccccc2)c2nnnn2C(C)C)CC1. The molecule has 2 heterocycles. The van der Waals surface area contributed by atoms with Crippen molar-refractivity contribution in [3.8, 4) is 0 Å². The standard InChI is InChI=1S/C17H26N6/c1-4-21-10-12-22(13-11-21)16(15-8-6-5-7-9-15)17-18-19-20-23(17)14(2)3/h5-9,14,16H,4,10-13H2,1-3H3. The summed E-state index contributed by atoms with van der Waals surface area (Å²) in [5.41, 5.74) is 1.26. The second-order valence-electron chi connectivity index (χ2n) is 6.36. The van der Waals surface area contributed by atoms with Gasteiger partial charge in [-0.2, -0.15) is 0 Å². The van der Waals surface area contributed by atoms with Crippen LogP contribution in [-0.4, -0.2) is 62.7 Å². The molecule has 0 N–H and O–H groups in total. The van der Waals surface area contributed by atoms with Crippen LogP contribution in [0.2, 0.25) is 0 Å². The van der Waals surface area contributed by atoms with Gasteiger partial charge in [0.25, 0.3) is 0 Å². The summed E-state index contributed by atoms with van der Waals surface area (Å²) >= 11 is 0. The minimum absolute atomic E-state index is 0.118. The molecule has 0 amide bonds. The molecule has 1 fully saturated rings. The third-order valence-electron chi connectivity index (χ3n) is 4.59. The monoisotopic (exact) mass is 314 g/mol. The molecule has 0 aliphatic carbocycles. The summed E-state index contributed by atoms with van der Waals surface area (Å²) in [6.07, 6.45) is 0. The van der Waals surface area contributed by atoms with E-state index in [2.05, 4.69) is 76.4 Å². The van der Waals surface area contributed by atoms with Gasteiger partial charge in [-0.15, -0.1) is 5.10 Å². The quantitative estimate of drug-likeness (QED) is 0.844. The Hall–Kier alpha value is -1.79. The Kier molecular flexibility index (Phi) is 5.03. The smallest absolute Gasteiger partial charge is 0.173 e. The summed E-state index contributed by atoms with van der Waals surface area (Å²) in [4.78, 5) is 5.00. The van der Waals surface area contributed by atoms with Crippen molar-refractivity contribution in [3.05, 3.63) is 41.7 Å². The Morgan fingerprint density at radius 1 is 1.04 bits per heavy atom. The van der Waals surface area contributed by atoms with Gasteiger partial charge in [0.2, 0.25) is 0 Å². The van der Waals surface area contributed by atoms with Gasteiger partial charge in [0.1, 0.15) is 0 Å². The lowest BCUT2D eigenvalue weighted by atomic mass is 10.0. The van der Waals surface area contributed by atoms with E-state index >= 15 is 0 Å². The van der Waals surface area contributed by atoms with Gasteiger partial charge in [0, 0.05) is 26.2 Å². The number of piperazine rings is 1. The summed E-state index contributed by atoms with van der Waals surface area (Å²) in [5.74, 6) is 0.941. The summed E-state index contributed by atoms with van der Waals surface area (Å²) in [7, 11) is 0. The fourth-order valence-electron chi connectivity index (χ4n) is 3.24. The lowest BCUT2D eigenvalue weighted by Crippen LogP contribution is -2.48. The summed E-state index contributed by atoms with van der Waals surface area (Å²) < 4.78 is 1.95. The summed E-state index contributed by atoms with van der Waals surface area (Å²) in [6, 6.07) is 11.0. The zero-order valence-electron chi connectivity index (χ0n) is 14.3. The Labute approximate surface area is 138 Å². The van der Waals surface area contributed by atoms with Crippen LogP contribution in [0.3, 0.4) is 0 Å². The molecule has 1 aromatic carbocycles. The van der Waals surface area contributed by atoms with Crippen molar-refractivity contribution >= 4 is 0 Å². The van der Waals surface area contributed by atoms with E-state index in [1.54, 1.807) is 0 Å². The number of hydrogen-bond donors (Lipinski definition) is 0. The van der Waals surface area contributed by atoms with Gasteiger partial charge in [-0.3, -0.25) is 4.90 Å². The fraction of sp³-hybridized carbons (Fsp3) is 0.588. The third-order valence-corrected chi connectivity index (χ3v) is 4.59. The van der Waals surface area contributed by atoms with E-state index in [0.717, 1.165) is 38.5 Å². The maximum Gasteiger partial charge on any atom is 0.173 e. The van der Waals surface area contributed by atoms with Gasteiger partial charge >= 0.3 is 0 Å². The van der Waals surface area contributed by atoms with Crippen LogP contribution in [0.1, 0.15) is 44.2 Å². The number of rotatable bonds is 5. The molecule has 1 aliphatic rings. The van der Waals surface area contributed by atoms with Crippen molar-refractivity contribution in [2.75, 3.05) is 32.7 Å². The molecule has 1 unspecified atom stereocenters. The number of nitrogens with zero attached hydrogens (tertiary/aromatic N) is 6. The van der Waals surface area contributed by atoms with Crippen LogP contribution < -0.4 is 0 Å². The van der Waals surface area contributed by atoms with Crippen molar-refractivity contribution in [1.82, 2.24) is 30.0 Å². The van der Waals surface area contributed by atoms with Crippen molar-refractivity contribution in [2.24, 2.45) is 0 Å². The van der Waals surface area contributed by atoms with Crippen LogP contribution in [0.15, 0.2) is 30.3 Å². The van der Waals surface area contributed by atoms with Crippen LogP contribution >= 0.6 is 0 Å². The zero-order chi connectivity index (χ0) is 16.2. The van der Waals surface area contributed by atoms with Gasteiger partial charge in [-0.25, -0.2) is 4.68 Å². The number of hydrogen-bond acceptors (Lipinski definition) is 5. The van der Waals surface area contributed by atoms with Crippen molar-refractivity contribution in [2.45, 2.75) is 32.9 Å².